The Morgan fingerprint density at radius 2 is 1.63 bits per heavy atom. The zero-order valence-electron chi connectivity index (χ0n) is 24.9. The van der Waals surface area contributed by atoms with Gasteiger partial charge in [-0.25, -0.2) is 10.5 Å². The molecule has 0 aliphatic heterocycles. The van der Waals surface area contributed by atoms with Crippen LogP contribution in [-0.2, 0) is 34.2 Å². The lowest BCUT2D eigenvalue weighted by molar-refractivity contribution is -0.129. The number of aryl methyl sites for hydroxylation is 1. The van der Waals surface area contributed by atoms with Gasteiger partial charge in [-0.1, -0.05) is 86.1 Å². The Balaban J connectivity index is 1.59. The number of hydrogen-bond donors (Lipinski definition) is 4. The highest BCUT2D eigenvalue weighted by Gasteiger charge is 2.46. The van der Waals surface area contributed by atoms with Gasteiger partial charge < -0.3 is 9.88 Å². The number of rotatable bonds is 14. The molecule has 244 valence electrons. The average Bonchev–Trinajstić information content (AvgIpc) is 3.42. The first-order valence-electron chi connectivity index (χ1n) is 14.5. The summed E-state index contributed by atoms with van der Waals surface area (Å²) in [5, 5.41) is 12.0. The zero-order valence-corrected chi connectivity index (χ0v) is 25.7. The van der Waals surface area contributed by atoms with E-state index < -0.39 is 33.4 Å². The van der Waals surface area contributed by atoms with Gasteiger partial charge in [0.1, 0.15) is 11.5 Å². The monoisotopic (exact) mass is 657 g/mol. The maximum Gasteiger partial charge on any atom is 0.516 e. The summed E-state index contributed by atoms with van der Waals surface area (Å²) in [5.74, 6) is -0.425. The van der Waals surface area contributed by atoms with Crippen molar-refractivity contribution in [1.29, 1.82) is 0 Å². The van der Waals surface area contributed by atoms with Crippen LogP contribution >= 0.6 is 0 Å². The Morgan fingerprint density at radius 1 is 0.957 bits per heavy atom. The predicted molar refractivity (Wildman–Crippen MR) is 166 cm³/mol. The fourth-order valence-corrected chi connectivity index (χ4v) is 5.49. The summed E-state index contributed by atoms with van der Waals surface area (Å²) < 4.78 is 65.9. The molecular weight excluding hydrogens is 623 g/mol. The molecular formula is C32H34F3N5O5S. The van der Waals surface area contributed by atoms with E-state index in [1.165, 1.54) is 24.4 Å². The molecule has 0 fully saturated rings. The maximum absolute atomic E-state index is 13.6. The molecule has 0 radical (unpaired) electrons. The number of anilines is 1. The minimum atomic E-state index is -5.62. The number of para-hydroxylation sites is 1. The van der Waals surface area contributed by atoms with Gasteiger partial charge in [-0.2, -0.15) is 21.6 Å². The number of alkyl halides is 3. The van der Waals surface area contributed by atoms with E-state index in [0.717, 1.165) is 24.0 Å². The fourth-order valence-electron chi connectivity index (χ4n) is 4.91. The number of nitrogens with one attached hydrogen (secondary N) is 3. The maximum atomic E-state index is 13.6. The quantitative estimate of drug-likeness (QED) is 0.105. The first kappa shape index (κ1) is 34.2. The van der Waals surface area contributed by atoms with Gasteiger partial charge in [0, 0.05) is 31.0 Å². The van der Waals surface area contributed by atoms with E-state index in [0.29, 0.717) is 24.2 Å². The SMILES string of the molecule is CCCCc1ncc(C(=O)N[C@@H](CC(=O)NO)Cc2ccccc2)n1Cc1ccc(-c2ccccc2NS(=O)(=O)C(F)(F)F)cc1. The van der Waals surface area contributed by atoms with Gasteiger partial charge in [-0.05, 0) is 35.6 Å². The van der Waals surface area contributed by atoms with Crippen molar-refractivity contribution in [2.45, 2.75) is 57.1 Å². The Bertz CT molecular complexity index is 1740. The van der Waals surface area contributed by atoms with Crippen molar-refractivity contribution in [2.24, 2.45) is 0 Å². The van der Waals surface area contributed by atoms with Gasteiger partial charge in [0.2, 0.25) is 5.91 Å². The molecule has 4 rings (SSSR count). The van der Waals surface area contributed by atoms with Gasteiger partial charge in [0.25, 0.3) is 5.91 Å². The second-order valence-corrected chi connectivity index (χ2v) is 12.3. The normalized spacial score (nSPS) is 12.4. The molecule has 0 bridgehead atoms. The van der Waals surface area contributed by atoms with E-state index in [-0.39, 0.29) is 29.9 Å². The van der Waals surface area contributed by atoms with Crippen LogP contribution in [0.3, 0.4) is 0 Å². The van der Waals surface area contributed by atoms with E-state index in [1.54, 1.807) is 45.1 Å². The number of nitrogens with zero attached hydrogens (tertiary/aromatic N) is 2. The number of unbranched alkanes of at least 4 members (excludes halogenated alkanes) is 1. The molecule has 46 heavy (non-hydrogen) atoms. The molecule has 1 aromatic heterocycles. The van der Waals surface area contributed by atoms with E-state index in [4.69, 9.17) is 5.21 Å². The van der Waals surface area contributed by atoms with Crippen LogP contribution in [0, 0.1) is 0 Å². The van der Waals surface area contributed by atoms with Gasteiger partial charge in [-0.15, -0.1) is 0 Å². The minimum Gasteiger partial charge on any atom is -0.347 e. The lowest BCUT2D eigenvalue weighted by atomic mass is 10.0. The number of hydroxylamine groups is 1. The van der Waals surface area contributed by atoms with Crippen molar-refractivity contribution in [3.63, 3.8) is 0 Å². The van der Waals surface area contributed by atoms with Crippen molar-refractivity contribution in [2.75, 3.05) is 4.72 Å². The molecule has 0 unspecified atom stereocenters. The van der Waals surface area contributed by atoms with Crippen LogP contribution in [0.4, 0.5) is 18.9 Å². The van der Waals surface area contributed by atoms with Gasteiger partial charge in [0.15, 0.2) is 0 Å². The fraction of sp³-hybridized carbons (Fsp3) is 0.281. The number of amides is 2. The predicted octanol–water partition coefficient (Wildman–Crippen LogP) is 5.44. The summed E-state index contributed by atoms with van der Waals surface area (Å²) in [6.45, 7) is 2.28. The van der Waals surface area contributed by atoms with Crippen LogP contribution in [0.1, 0.15) is 53.6 Å². The number of hydrogen-bond acceptors (Lipinski definition) is 6. The van der Waals surface area contributed by atoms with E-state index >= 15 is 0 Å². The smallest absolute Gasteiger partial charge is 0.347 e. The molecule has 4 N–H and O–H groups in total. The largest absolute Gasteiger partial charge is 0.516 e. The summed E-state index contributed by atoms with van der Waals surface area (Å²) in [6, 6.07) is 21.2. The standard InChI is InChI=1S/C32H34F3N5O5S/c1-2-3-13-29-36-20-28(31(42)37-25(19-30(41)38-43)18-22-9-5-4-6-10-22)40(29)21-23-14-16-24(17-15-23)26-11-7-8-12-27(26)39-46(44,45)32(33,34)35/h4-12,14-17,20,25,39,43H,2-3,13,18-19,21H2,1H3,(H,37,42)(H,38,41)/t25-/m1/s1. The lowest BCUT2D eigenvalue weighted by Crippen LogP contribution is -2.41. The van der Waals surface area contributed by atoms with Crippen molar-refractivity contribution in [1.82, 2.24) is 20.3 Å². The van der Waals surface area contributed by atoms with E-state index in [2.05, 4.69) is 10.3 Å². The second kappa shape index (κ2) is 15.1. The van der Waals surface area contributed by atoms with Crippen molar-refractivity contribution in [3.05, 3.63) is 108 Å². The van der Waals surface area contributed by atoms with Gasteiger partial charge in [0.05, 0.1) is 11.9 Å². The molecule has 1 atom stereocenters. The third-order valence-corrected chi connectivity index (χ3v) is 8.32. The summed E-state index contributed by atoms with van der Waals surface area (Å²) in [6.07, 6.45) is 4.00. The molecule has 1 heterocycles. The van der Waals surface area contributed by atoms with Crippen molar-refractivity contribution in [3.8, 4) is 11.1 Å². The third-order valence-electron chi connectivity index (χ3n) is 7.22. The number of carbonyl (C=O) groups excluding carboxylic acids is 2. The Hall–Kier alpha value is -4.69. The number of sulfonamides is 1. The van der Waals surface area contributed by atoms with Crippen LogP contribution in [-0.4, -0.2) is 46.5 Å². The molecule has 0 aliphatic rings. The topological polar surface area (TPSA) is 142 Å². The minimum absolute atomic E-state index is 0.157. The number of halogens is 3. The summed E-state index contributed by atoms with van der Waals surface area (Å²) in [5.41, 5.74) is -1.44. The van der Waals surface area contributed by atoms with Crippen LogP contribution in [0.2, 0.25) is 0 Å². The zero-order chi connectivity index (χ0) is 33.3. The van der Waals surface area contributed by atoms with Crippen molar-refractivity contribution < 1.29 is 36.4 Å². The summed E-state index contributed by atoms with van der Waals surface area (Å²) >= 11 is 0. The summed E-state index contributed by atoms with van der Waals surface area (Å²) in [4.78, 5) is 30.1. The molecule has 0 saturated heterocycles. The van der Waals surface area contributed by atoms with Crippen LogP contribution in [0.25, 0.3) is 11.1 Å². The molecule has 0 saturated carbocycles. The van der Waals surface area contributed by atoms with Gasteiger partial charge >= 0.3 is 15.5 Å². The number of imidazole rings is 1. The molecule has 14 heteroatoms. The third kappa shape index (κ3) is 8.73. The van der Waals surface area contributed by atoms with Crippen LogP contribution < -0.4 is 15.5 Å². The first-order valence-corrected chi connectivity index (χ1v) is 16.0. The molecule has 3 aromatic carbocycles. The highest BCUT2D eigenvalue weighted by molar-refractivity contribution is 7.93. The Kier molecular flexibility index (Phi) is 11.2. The molecule has 0 spiro atoms. The number of carbonyl (C=O) groups is 2. The van der Waals surface area contributed by atoms with Crippen LogP contribution in [0.15, 0.2) is 85.1 Å². The number of benzene rings is 3. The Morgan fingerprint density at radius 3 is 2.28 bits per heavy atom. The molecule has 0 aliphatic carbocycles. The molecule has 4 aromatic rings. The van der Waals surface area contributed by atoms with E-state index in [1.807, 2.05) is 37.3 Å². The molecule has 2 amide bonds. The second-order valence-electron chi connectivity index (χ2n) is 10.6. The van der Waals surface area contributed by atoms with Crippen molar-refractivity contribution >= 4 is 27.5 Å². The Labute approximate surface area is 264 Å². The number of aromatic nitrogens is 2. The highest BCUT2D eigenvalue weighted by Crippen LogP contribution is 2.32. The molecule has 10 nitrogen and oxygen atoms in total. The van der Waals surface area contributed by atoms with E-state index in [9.17, 15) is 31.2 Å². The summed E-state index contributed by atoms with van der Waals surface area (Å²) in [7, 11) is -5.62. The lowest BCUT2D eigenvalue weighted by Gasteiger charge is -2.19. The average molecular weight is 658 g/mol. The highest BCUT2D eigenvalue weighted by atomic mass is 32.2. The first-order chi connectivity index (χ1) is 21.9. The van der Waals surface area contributed by atoms with Gasteiger partial charge in [-0.3, -0.25) is 19.5 Å². The van der Waals surface area contributed by atoms with Crippen LogP contribution in [0.5, 0.6) is 0 Å².